The van der Waals surface area contributed by atoms with Gasteiger partial charge in [-0.3, -0.25) is 4.79 Å². The van der Waals surface area contributed by atoms with Crippen molar-refractivity contribution >= 4 is 17.3 Å². The van der Waals surface area contributed by atoms with Crippen molar-refractivity contribution in [1.29, 1.82) is 0 Å². The van der Waals surface area contributed by atoms with E-state index in [1.54, 1.807) is 6.92 Å². The lowest BCUT2D eigenvalue weighted by molar-refractivity contribution is -0.116. The zero-order valence-electron chi connectivity index (χ0n) is 13.0. The van der Waals surface area contributed by atoms with Gasteiger partial charge in [0.25, 0.3) is 0 Å². The maximum absolute atomic E-state index is 13.6. The Labute approximate surface area is 132 Å². The largest absolute Gasteiger partial charge is 0.374 e. The van der Waals surface area contributed by atoms with Gasteiger partial charge >= 0.3 is 0 Å². The zero-order valence-corrected chi connectivity index (χ0v) is 13.0. The topological polar surface area (TPSA) is 41.1 Å². The van der Waals surface area contributed by atoms with Crippen molar-refractivity contribution < 1.29 is 18.0 Å². The van der Waals surface area contributed by atoms with Crippen LogP contribution in [0, 0.1) is 31.3 Å². The predicted molar refractivity (Wildman–Crippen MR) is 83.9 cm³/mol. The maximum Gasteiger partial charge on any atom is 0.246 e. The lowest BCUT2D eigenvalue weighted by Crippen LogP contribution is -2.32. The summed E-state index contributed by atoms with van der Waals surface area (Å²) in [6, 6.07) is 6.67. The molecule has 0 aliphatic heterocycles. The van der Waals surface area contributed by atoms with Gasteiger partial charge in [-0.05, 0) is 56.2 Å². The summed E-state index contributed by atoms with van der Waals surface area (Å²) in [5.74, 6) is -4.90. The molecule has 0 unspecified atom stereocenters. The number of amides is 1. The summed E-state index contributed by atoms with van der Waals surface area (Å²) < 4.78 is 39.6. The first kappa shape index (κ1) is 16.9. The quantitative estimate of drug-likeness (QED) is 0.830. The van der Waals surface area contributed by atoms with Gasteiger partial charge in [-0.25, -0.2) is 13.2 Å². The number of benzene rings is 2. The lowest BCUT2D eigenvalue weighted by Gasteiger charge is -2.16. The number of carbonyl (C=O) groups excluding carboxylic acids is 1. The van der Waals surface area contributed by atoms with Gasteiger partial charge in [0.15, 0.2) is 17.5 Å². The molecule has 122 valence electrons. The highest BCUT2D eigenvalue weighted by Gasteiger charge is 2.18. The van der Waals surface area contributed by atoms with E-state index < -0.39 is 35.1 Å². The first-order valence-electron chi connectivity index (χ1n) is 7.07. The first-order chi connectivity index (χ1) is 10.8. The normalized spacial score (nSPS) is 11.9. The van der Waals surface area contributed by atoms with E-state index in [2.05, 4.69) is 10.6 Å². The molecular weight excluding hydrogens is 305 g/mol. The highest BCUT2D eigenvalue weighted by atomic mass is 19.2. The van der Waals surface area contributed by atoms with Crippen LogP contribution in [-0.2, 0) is 4.79 Å². The smallest absolute Gasteiger partial charge is 0.246 e. The van der Waals surface area contributed by atoms with Crippen LogP contribution in [0.3, 0.4) is 0 Å². The summed E-state index contributed by atoms with van der Waals surface area (Å²) in [5, 5.41) is 5.21. The van der Waals surface area contributed by atoms with Crippen molar-refractivity contribution in [3.8, 4) is 0 Å². The molecule has 0 heterocycles. The number of anilines is 2. The first-order valence-corrected chi connectivity index (χ1v) is 7.07. The minimum Gasteiger partial charge on any atom is -0.374 e. The van der Waals surface area contributed by atoms with Gasteiger partial charge in [0.05, 0.1) is 5.69 Å². The summed E-state index contributed by atoms with van der Waals surface area (Å²) in [5.41, 5.74) is 2.52. The molecule has 0 aromatic heterocycles. The van der Waals surface area contributed by atoms with E-state index in [-0.39, 0.29) is 0 Å². The maximum atomic E-state index is 13.6. The van der Waals surface area contributed by atoms with E-state index in [1.807, 2.05) is 32.0 Å². The third-order valence-corrected chi connectivity index (χ3v) is 3.58. The van der Waals surface area contributed by atoms with Gasteiger partial charge in [-0.1, -0.05) is 6.07 Å². The van der Waals surface area contributed by atoms with Crippen LogP contribution in [0.25, 0.3) is 0 Å². The summed E-state index contributed by atoms with van der Waals surface area (Å²) in [7, 11) is 0. The molecule has 2 aromatic rings. The van der Waals surface area contributed by atoms with Gasteiger partial charge in [0, 0.05) is 5.69 Å². The molecule has 3 nitrogen and oxygen atoms in total. The van der Waals surface area contributed by atoms with Crippen LogP contribution in [0.5, 0.6) is 0 Å². The van der Waals surface area contributed by atoms with E-state index in [9.17, 15) is 18.0 Å². The molecule has 0 aliphatic rings. The fraction of sp³-hybridized carbons (Fsp3) is 0.235. The average Bonchev–Trinajstić information content (AvgIpc) is 2.51. The fourth-order valence-electron chi connectivity index (χ4n) is 2.01. The van der Waals surface area contributed by atoms with Gasteiger partial charge in [0.1, 0.15) is 6.04 Å². The summed E-state index contributed by atoms with van der Waals surface area (Å²) in [6.45, 7) is 5.51. The molecule has 0 bridgehead atoms. The van der Waals surface area contributed by atoms with Crippen LogP contribution in [0.4, 0.5) is 24.5 Å². The second-order valence-electron chi connectivity index (χ2n) is 5.38. The van der Waals surface area contributed by atoms with Crippen molar-refractivity contribution in [1.82, 2.24) is 0 Å². The van der Waals surface area contributed by atoms with Crippen LogP contribution < -0.4 is 10.6 Å². The Morgan fingerprint density at radius 3 is 2.35 bits per heavy atom. The zero-order chi connectivity index (χ0) is 17.1. The number of nitrogens with one attached hydrogen (secondary N) is 2. The SMILES string of the molecule is Cc1ccc(N[C@H](C)C(=O)Nc2ccc(F)c(F)c2F)cc1C. The molecule has 6 heteroatoms. The summed E-state index contributed by atoms with van der Waals surface area (Å²) in [6.07, 6.45) is 0. The molecule has 2 N–H and O–H groups in total. The van der Waals surface area contributed by atoms with Crippen LogP contribution in [0.15, 0.2) is 30.3 Å². The predicted octanol–water partition coefficient (Wildman–Crippen LogP) is 4.16. The van der Waals surface area contributed by atoms with Gasteiger partial charge in [-0.15, -0.1) is 0 Å². The standard InChI is InChI=1S/C17H17F3N2O/c1-9-4-5-12(8-10(9)2)21-11(3)17(23)22-14-7-6-13(18)15(19)16(14)20/h4-8,11,21H,1-3H3,(H,22,23)/t11-/m1/s1. The number of halogens is 3. The molecule has 2 aromatic carbocycles. The van der Waals surface area contributed by atoms with E-state index in [0.717, 1.165) is 28.9 Å². The molecule has 1 amide bonds. The Hall–Kier alpha value is -2.50. The molecule has 0 fully saturated rings. The molecular formula is C17H17F3N2O. The Bertz CT molecular complexity index is 747. The molecule has 2 rings (SSSR count). The summed E-state index contributed by atoms with van der Waals surface area (Å²) in [4.78, 5) is 12.1. The number of carbonyl (C=O) groups is 1. The van der Waals surface area contributed by atoms with Crippen molar-refractivity contribution in [2.24, 2.45) is 0 Å². The monoisotopic (exact) mass is 322 g/mol. The lowest BCUT2D eigenvalue weighted by atomic mass is 10.1. The average molecular weight is 322 g/mol. The van der Waals surface area contributed by atoms with E-state index in [1.165, 1.54) is 0 Å². The Balaban J connectivity index is 2.08. The van der Waals surface area contributed by atoms with E-state index in [4.69, 9.17) is 0 Å². The second kappa shape index (κ2) is 6.73. The molecule has 0 saturated carbocycles. The van der Waals surface area contributed by atoms with Gasteiger partial charge < -0.3 is 10.6 Å². The van der Waals surface area contributed by atoms with Crippen molar-refractivity contribution in [3.63, 3.8) is 0 Å². The minimum absolute atomic E-state index is 0.400. The van der Waals surface area contributed by atoms with Crippen LogP contribution in [0.2, 0.25) is 0 Å². The van der Waals surface area contributed by atoms with Crippen molar-refractivity contribution in [3.05, 3.63) is 58.9 Å². The molecule has 0 saturated heterocycles. The van der Waals surface area contributed by atoms with E-state index >= 15 is 0 Å². The number of hydrogen-bond acceptors (Lipinski definition) is 2. The Kier molecular flexibility index (Phi) is 4.93. The number of aryl methyl sites for hydroxylation is 2. The Morgan fingerprint density at radius 2 is 1.70 bits per heavy atom. The Morgan fingerprint density at radius 1 is 1.00 bits per heavy atom. The van der Waals surface area contributed by atoms with Crippen LogP contribution in [-0.4, -0.2) is 11.9 Å². The van der Waals surface area contributed by atoms with Crippen LogP contribution >= 0.6 is 0 Å². The molecule has 0 aliphatic carbocycles. The molecule has 1 atom stereocenters. The fourth-order valence-corrected chi connectivity index (χ4v) is 2.01. The summed E-state index contributed by atoms with van der Waals surface area (Å²) >= 11 is 0. The van der Waals surface area contributed by atoms with E-state index in [0.29, 0.717) is 0 Å². The second-order valence-corrected chi connectivity index (χ2v) is 5.38. The van der Waals surface area contributed by atoms with Crippen molar-refractivity contribution in [2.75, 3.05) is 10.6 Å². The molecule has 23 heavy (non-hydrogen) atoms. The van der Waals surface area contributed by atoms with Gasteiger partial charge in [0.2, 0.25) is 5.91 Å². The van der Waals surface area contributed by atoms with Crippen molar-refractivity contribution in [2.45, 2.75) is 26.8 Å². The minimum atomic E-state index is -1.61. The number of rotatable bonds is 4. The highest BCUT2D eigenvalue weighted by molar-refractivity contribution is 5.96. The highest BCUT2D eigenvalue weighted by Crippen LogP contribution is 2.20. The van der Waals surface area contributed by atoms with Crippen LogP contribution in [0.1, 0.15) is 18.1 Å². The van der Waals surface area contributed by atoms with Gasteiger partial charge in [-0.2, -0.15) is 0 Å². The third-order valence-electron chi connectivity index (χ3n) is 3.58. The molecule has 0 radical (unpaired) electrons. The molecule has 0 spiro atoms. The number of hydrogen-bond donors (Lipinski definition) is 2. The third kappa shape index (κ3) is 3.83.